The summed E-state index contributed by atoms with van der Waals surface area (Å²) in [5.41, 5.74) is 5.85. The summed E-state index contributed by atoms with van der Waals surface area (Å²) in [7, 11) is 2.13. The third-order valence-corrected chi connectivity index (χ3v) is 5.95. The Labute approximate surface area is 186 Å². The van der Waals surface area contributed by atoms with E-state index < -0.39 is 0 Å². The number of likely N-dealkylation sites (tertiary alicyclic amines) is 1. The van der Waals surface area contributed by atoms with E-state index in [-0.39, 0.29) is 0 Å². The first-order valence-corrected chi connectivity index (χ1v) is 10.7. The molecule has 5 rings (SSSR count). The highest BCUT2D eigenvalue weighted by molar-refractivity contribution is 5.81. The molecule has 7 nitrogen and oxygen atoms in total. The largest absolute Gasteiger partial charge is 0.475 e. The molecule has 0 amide bonds. The number of aryl methyl sites for hydroxylation is 1. The molecule has 0 saturated carbocycles. The molecular weight excluding hydrogens is 400 g/mol. The van der Waals surface area contributed by atoms with E-state index in [4.69, 9.17) is 9.72 Å². The van der Waals surface area contributed by atoms with E-state index in [1.807, 2.05) is 12.1 Å². The maximum absolute atomic E-state index is 9.20. The van der Waals surface area contributed by atoms with Crippen LogP contribution in [0.4, 0.5) is 0 Å². The summed E-state index contributed by atoms with van der Waals surface area (Å²) in [4.78, 5) is 11.7. The average molecular weight is 425 g/mol. The highest BCUT2D eigenvalue weighted by Gasteiger charge is 2.23. The molecule has 1 aliphatic rings. The van der Waals surface area contributed by atoms with Crippen LogP contribution in [0.25, 0.3) is 28.2 Å². The van der Waals surface area contributed by atoms with E-state index in [1.165, 1.54) is 11.9 Å². The number of nitriles is 1. The molecular formula is C25H24N6O. The van der Waals surface area contributed by atoms with Crippen molar-refractivity contribution in [1.82, 2.24) is 24.5 Å². The number of hydrogen-bond donors (Lipinski definition) is 0. The van der Waals surface area contributed by atoms with E-state index in [0.29, 0.717) is 29.6 Å². The molecule has 32 heavy (non-hydrogen) atoms. The fourth-order valence-corrected chi connectivity index (χ4v) is 4.19. The predicted octanol–water partition coefficient (Wildman–Crippen LogP) is 3.97. The third-order valence-electron chi connectivity index (χ3n) is 5.95. The number of fused-ring (bicyclic) bond motifs is 1. The fourth-order valence-electron chi connectivity index (χ4n) is 4.19. The van der Waals surface area contributed by atoms with Crippen molar-refractivity contribution in [2.45, 2.75) is 13.3 Å². The molecule has 0 spiro atoms. The van der Waals surface area contributed by atoms with Gasteiger partial charge in [0.25, 0.3) is 5.88 Å². The van der Waals surface area contributed by atoms with Gasteiger partial charge >= 0.3 is 0 Å². The minimum Gasteiger partial charge on any atom is -0.475 e. The van der Waals surface area contributed by atoms with Gasteiger partial charge in [0.2, 0.25) is 5.65 Å². The zero-order valence-electron chi connectivity index (χ0n) is 18.2. The van der Waals surface area contributed by atoms with Gasteiger partial charge in [0.15, 0.2) is 0 Å². The molecule has 2 aromatic heterocycles. The van der Waals surface area contributed by atoms with Crippen molar-refractivity contribution in [3.63, 3.8) is 0 Å². The zero-order valence-corrected chi connectivity index (χ0v) is 18.2. The van der Waals surface area contributed by atoms with Crippen molar-refractivity contribution in [3.05, 3.63) is 66.0 Å². The van der Waals surface area contributed by atoms with Gasteiger partial charge in [0.1, 0.15) is 17.7 Å². The monoisotopic (exact) mass is 424 g/mol. The van der Waals surface area contributed by atoms with Gasteiger partial charge in [-0.3, -0.25) is 0 Å². The van der Waals surface area contributed by atoms with Crippen LogP contribution in [-0.4, -0.2) is 51.2 Å². The number of aromatic nitrogens is 4. The summed E-state index contributed by atoms with van der Waals surface area (Å²) < 4.78 is 8.02. The molecule has 1 aliphatic heterocycles. The van der Waals surface area contributed by atoms with Crippen LogP contribution in [0.1, 0.15) is 17.5 Å². The minimum atomic E-state index is 0.472. The summed E-state index contributed by atoms with van der Waals surface area (Å²) in [6.45, 7) is 4.76. The van der Waals surface area contributed by atoms with Crippen LogP contribution in [-0.2, 0) is 0 Å². The molecule has 0 radical (unpaired) electrons. The smallest absolute Gasteiger partial charge is 0.260 e. The normalized spacial score (nSPS) is 16.3. The Bertz CT molecular complexity index is 1290. The summed E-state index contributed by atoms with van der Waals surface area (Å²) in [6.07, 6.45) is 2.65. The van der Waals surface area contributed by atoms with Gasteiger partial charge in [-0.25, -0.2) is 14.5 Å². The molecule has 0 bridgehead atoms. The summed E-state index contributed by atoms with van der Waals surface area (Å²) in [6, 6.07) is 17.9. The lowest BCUT2D eigenvalue weighted by Gasteiger charge is -2.16. The zero-order chi connectivity index (χ0) is 22.1. The summed E-state index contributed by atoms with van der Waals surface area (Å²) in [5.74, 6) is 0.951. The summed E-state index contributed by atoms with van der Waals surface area (Å²) >= 11 is 0. The highest BCUT2D eigenvalue weighted by atomic mass is 16.5. The molecule has 0 N–H and O–H groups in total. The number of nitrogens with zero attached hydrogens (tertiary/aromatic N) is 6. The highest BCUT2D eigenvalue weighted by Crippen LogP contribution is 2.34. The van der Waals surface area contributed by atoms with E-state index in [2.05, 4.69) is 59.3 Å². The van der Waals surface area contributed by atoms with Gasteiger partial charge in [0, 0.05) is 23.6 Å². The second-order valence-electron chi connectivity index (χ2n) is 8.39. The topological polar surface area (TPSA) is 79.3 Å². The molecule has 3 heterocycles. The lowest BCUT2D eigenvalue weighted by atomic mass is 10.0. The first-order chi connectivity index (χ1) is 15.6. The van der Waals surface area contributed by atoms with Gasteiger partial charge in [-0.15, -0.1) is 0 Å². The van der Waals surface area contributed by atoms with Crippen molar-refractivity contribution < 1.29 is 4.74 Å². The Morgan fingerprint density at radius 2 is 1.84 bits per heavy atom. The quantitative estimate of drug-likeness (QED) is 0.482. The van der Waals surface area contributed by atoms with Crippen molar-refractivity contribution >= 4 is 5.65 Å². The molecule has 160 valence electrons. The van der Waals surface area contributed by atoms with Crippen LogP contribution in [0, 0.1) is 24.2 Å². The molecule has 7 heteroatoms. The molecule has 2 aromatic carbocycles. The third kappa shape index (κ3) is 3.81. The molecule has 1 fully saturated rings. The molecule has 0 aliphatic carbocycles. The maximum atomic E-state index is 9.20. The molecule has 1 atom stereocenters. The molecule has 4 aromatic rings. The van der Waals surface area contributed by atoms with Crippen LogP contribution >= 0.6 is 0 Å². The number of hydrogen-bond acceptors (Lipinski definition) is 6. The van der Waals surface area contributed by atoms with E-state index in [1.54, 1.807) is 16.6 Å². The standard InChI is InChI=1S/C25H24N6O/c1-17-3-7-21(8-4-17)23-22(20-9-5-18(13-26)6-10-20)29-25(24-27-16-28-31(23)24)32-15-19-11-12-30(2)14-19/h3-10,16,19H,11-12,14-15H2,1-2H3/t19-/m1/s1. The number of ether oxygens (including phenoxy) is 1. The van der Waals surface area contributed by atoms with Gasteiger partial charge in [0.05, 0.1) is 18.2 Å². The van der Waals surface area contributed by atoms with E-state index in [0.717, 1.165) is 42.0 Å². The van der Waals surface area contributed by atoms with E-state index in [9.17, 15) is 5.26 Å². The second kappa shape index (κ2) is 8.40. The Balaban J connectivity index is 1.64. The van der Waals surface area contributed by atoms with Crippen LogP contribution in [0.3, 0.4) is 0 Å². The fraction of sp³-hybridized carbons (Fsp3) is 0.280. The number of benzene rings is 2. The Kier molecular flexibility index (Phi) is 5.29. The average Bonchev–Trinajstić information content (AvgIpc) is 3.47. The van der Waals surface area contributed by atoms with Gasteiger partial charge in [-0.2, -0.15) is 10.4 Å². The van der Waals surface area contributed by atoms with E-state index >= 15 is 0 Å². The van der Waals surface area contributed by atoms with Gasteiger partial charge in [-0.05, 0) is 39.1 Å². The maximum Gasteiger partial charge on any atom is 0.260 e. The Morgan fingerprint density at radius 3 is 2.53 bits per heavy atom. The number of rotatable bonds is 5. The van der Waals surface area contributed by atoms with Crippen LogP contribution in [0.5, 0.6) is 5.88 Å². The lowest BCUT2D eigenvalue weighted by molar-refractivity contribution is 0.242. The first kappa shape index (κ1) is 20.2. The van der Waals surface area contributed by atoms with Gasteiger partial charge in [-0.1, -0.05) is 42.0 Å². The lowest BCUT2D eigenvalue weighted by Crippen LogP contribution is -2.18. The van der Waals surface area contributed by atoms with Crippen LogP contribution in [0.15, 0.2) is 54.9 Å². The first-order valence-electron chi connectivity index (χ1n) is 10.7. The Hall–Kier alpha value is -3.76. The van der Waals surface area contributed by atoms with Gasteiger partial charge < -0.3 is 9.64 Å². The van der Waals surface area contributed by atoms with Crippen molar-refractivity contribution in [2.75, 3.05) is 26.7 Å². The minimum absolute atomic E-state index is 0.472. The van der Waals surface area contributed by atoms with Crippen LogP contribution < -0.4 is 4.74 Å². The summed E-state index contributed by atoms with van der Waals surface area (Å²) in [5, 5.41) is 13.7. The van der Waals surface area contributed by atoms with Crippen molar-refractivity contribution in [3.8, 4) is 34.5 Å². The Morgan fingerprint density at radius 1 is 1.09 bits per heavy atom. The van der Waals surface area contributed by atoms with Crippen molar-refractivity contribution in [1.29, 1.82) is 5.26 Å². The SMILES string of the molecule is Cc1ccc(-c2c(-c3ccc(C#N)cc3)nc(OC[C@@H]3CCN(C)C3)c3ncnn23)cc1. The molecule has 1 saturated heterocycles. The van der Waals surface area contributed by atoms with Crippen molar-refractivity contribution in [2.24, 2.45) is 5.92 Å². The molecule has 0 unspecified atom stereocenters. The van der Waals surface area contributed by atoms with Crippen LogP contribution in [0.2, 0.25) is 0 Å². The predicted molar refractivity (Wildman–Crippen MR) is 122 cm³/mol. The second-order valence-corrected chi connectivity index (χ2v) is 8.39.